The molecule has 0 atom stereocenters. The first-order valence-electron chi connectivity index (χ1n) is 22.7. The molecule has 2 heterocycles. The molecule has 10 aromatic carbocycles. The van der Waals surface area contributed by atoms with Crippen molar-refractivity contribution in [2.75, 3.05) is 9.80 Å². The Morgan fingerprint density at radius 1 is 0.279 bits per heavy atom. The van der Waals surface area contributed by atoms with E-state index in [4.69, 9.17) is 0 Å². The second-order valence-corrected chi connectivity index (χ2v) is 17.0. The van der Waals surface area contributed by atoms with Gasteiger partial charge in [-0.3, -0.25) is 9.59 Å². The van der Waals surface area contributed by atoms with Crippen LogP contribution in [0.4, 0.5) is 34.1 Å². The van der Waals surface area contributed by atoms with Crippen molar-refractivity contribution in [2.45, 2.75) is 0 Å². The Labute approximate surface area is 393 Å². The molecule has 0 fully saturated rings. The molecule has 0 aliphatic rings. The van der Waals surface area contributed by atoms with Crippen LogP contribution in [0, 0.1) is 0 Å². The number of rotatable bonds is 11. The molecule has 6 nitrogen and oxygen atoms in total. The van der Waals surface area contributed by atoms with Crippen molar-refractivity contribution >= 4 is 90.3 Å². The molecule has 0 N–H and O–H groups in total. The van der Waals surface area contributed by atoms with Crippen molar-refractivity contribution in [1.29, 1.82) is 0 Å². The molecule has 0 unspecified atom stereocenters. The Balaban J connectivity index is 0.913. The minimum atomic E-state index is 0.645. The molecule has 68 heavy (non-hydrogen) atoms. The fraction of sp³-hybridized carbons (Fsp3) is 0. The van der Waals surface area contributed by atoms with Crippen LogP contribution in [0.1, 0.15) is 20.7 Å². The van der Waals surface area contributed by atoms with Crippen LogP contribution in [0.15, 0.2) is 243 Å². The van der Waals surface area contributed by atoms with E-state index in [1.54, 1.807) is 0 Å². The molecule has 0 amide bonds. The maximum atomic E-state index is 12.0. The molecule has 0 saturated carbocycles. The zero-order valence-corrected chi connectivity index (χ0v) is 36.9. The fourth-order valence-electron chi connectivity index (χ4n) is 9.85. The van der Waals surface area contributed by atoms with Gasteiger partial charge in [-0.15, -0.1) is 0 Å². The number of anilines is 6. The van der Waals surface area contributed by atoms with Gasteiger partial charge >= 0.3 is 0 Å². The third-order valence-corrected chi connectivity index (χ3v) is 13.0. The highest BCUT2D eigenvalue weighted by Crippen LogP contribution is 2.43. The lowest BCUT2D eigenvalue weighted by Gasteiger charge is -2.26. The van der Waals surface area contributed by atoms with E-state index < -0.39 is 0 Å². The highest BCUT2D eigenvalue weighted by Gasteiger charge is 2.20. The van der Waals surface area contributed by atoms with Crippen LogP contribution < -0.4 is 9.80 Å². The standard InChI is InChI=1S/C62H42N4O2/c67-41-43-21-33-59-55(37-43)57-39-53(31-35-61(57)65(59)49-17-9-3-10-18-49)63(47-13-5-1-6-14-47)51-27-23-45(24-28-51)46-25-29-52(30-26-46)64(48-15-7-2-8-16-48)54-32-36-62-58(40-54)56-38-44(42-68)22-34-60(56)66(62)50-19-11-4-12-20-50/h1-42H. The molecule has 0 aliphatic heterocycles. The van der Waals surface area contributed by atoms with E-state index in [9.17, 15) is 9.59 Å². The molecule has 0 radical (unpaired) electrons. The van der Waals surface area contributed by atoms with Crippen molar-refractivity contribution in [2.24, 2.45) is 0 Å². The lowest BCUT2D eigenvalue weighted by molar-refractivity contribution is 0.111. The molecule has 0 aliphatic carbocycles. The summed E-state index contributed by atoms with van der Waals surface area (Å²) in [5, 5.41) is 4.19. The zero-order valence-electron chi connectivity index (χ0n) is 36.9. The highest BCUT2D eigenvalue weighted by molar-refractivity contribution is 6.13. The quantitative estimate of drug-likeness (QED) is 0.122. The van der Waals surface area contributed by atoms with Crippen molar-refractivity contribution < 1.29 is 9.59 Å². The normalized spacial score (nSPS) is 11.4. The van der Waals surface area contributed by atoms with Gasteiger partial charge in [0.25, 0.3) is 0 Å². The summed E-state index contributed by atoms with van der Waals surface area (Å²) in [6.07, 6.45) is 1.83. The number of carbonyl (C=O) groups is 2. The van der Waals surface area contributed by atoms with E-state index in [-0.39, 0.29) is 0 Å². The number of aldehydes is 2. The third kappa shape index (κ3) is 7.00. The van der Waals surface area contributed by atoms with Crippen LogP contribution in [0.5, 0.6) is 0 Å². The van der Waals surface area contributed by atoms with Crippen molar-refractivity contribution in [3.63, 3.8) is 0 Å². The third-order valence-electron chi connectivity index (χ3n) is 13.0. The van der Waals surface area contributed by atoms with Crippen LogP contribution in [0.3, 0.4) is 0 Å². The maximum absolute atomic E-state index is 12.0. The number of hydrogen-bond acceptors (Lipinski definition) is 4. The summed E-state index contributed by atoms with van der Waals surface area (Å²) >= 11 is 0. The molecular weight excluding hydrogens is 833 g/mol. The van der Waals surface area contributed by atoms with Gasteiger partial charge in [-0.1, -0.05) is 97.1 Å². The summed E-state index contributed by atoms with van der Waals surface area (Å²) in [5.74, 6) is 0. The van der Waals surface area contributed by atoms with Gasteiger partial charge in [-0.05, 0) is 157 Å². The van der Waals surface area contributed by atoms with Crippen LogP contribution in [0.2, 0.25) is 0 Å². The van der Waals surface area contributed by atoms with Gasteiger partial charge in [0.2, 0.25) is 0 Å². The molecule has 0 spiro atoms. The predicted octanol–water partition coefficient (Wildman–Crippen LogP) is 16.1. The van der Waals surface area contributed by atoms with Gasteiger partial charge in [0.05, 0.1) is 22.1 Å². The molecule has 0 bridgehead atoms. The summed E-state index contributed by atoms with van der Waals surface area (Å²) in [4.78, 5) is 28.6. The first kappa shape index (κ1) is 40.3. The van der Waals surface area contributed by atoms with Gasteiger partial charge in [-0.25, -0.2) is 0 Å². The van der Waals surface area contributed by atoms with Crippen LogP contribution in [-0.4, -0.2) is 21.7 Å². The van der Waals surface area contributed by atoms with E-state index in [1.165, 1.54) is 0 Å². The first-order valence-corrected chi connectivity index (χ1v) is 22.7. The number of fused-ring (bicyclic) bond motifs is 6. The minimum Gasteiger partial charge on any atom is -0.310 e. The molecule has 12 aromatic rings. The van der Waals surface area contributed by atoms with E-state index in [0.717, 1.165) is 113 Å². The summed E-state index contributed by atoms with van der Waals surface area (Å²) in [7, 11) is 0. The number of benzene rings is 10. The molecular formula is C62H42N4O2. The van der Waals surface area contributed by atoms with E-state index in [2.05, 4.69) is 201 Å². The lowest BCUT2D eigenvalue weighted by atomic mass is 10.0. The number of aromatic nitrogens is 2. The van der Waals surface area contributed by atoms with Crippen molar-refractivity contribution in [3.8, 4) is 22.5 Å². The average molecular weight is 875 g/mol. The Kier molecular flexibility index (Phi) is 10.0. The molecule has 322 valence electrons. The summed E-state index contributed by atoms with van der Waals surface area (Å²) in [6, 6.07) is 84.2. The van der Waals surface area contributed by atoms with Gasteiger partial charge in [0, 0.05) is 78.2 Å². The fourth-order valence-corrected chi connectivity index (χ4v) is 9.85. The SMILES string of the molecule is O=Cc1ccc2c(c1)c1cc(N(c3ccccc3)c3ccc(-c4ccc(N(c5ccccc5)c5ccc6c(c5)c5cc(C=O)ccc5n6-c5ccccc5)cc4)cc3)ccc1n2-c1ccccc1. The lowest BCUT2D eigenvalue weighted by Crippen LogP contribution is -2.10. The Morgan fingerprint density at radius 3 is 0.926 bits per heavy atom. The topological polar surface area (TPSA) is 50.5 Å². The maximum Gasteiger partial charge on any atom is 0.150 e. The van der Waals surface area contributed by atoms with Gasteiger partial charge < -0.3 is 18.9 Å². The van der Waals surface area contributed by atoms with Gasteiger partial charge in [0.1, 0.15) is 12.6 Å². The molecule has 2 aromatic heterocycles. The molecule has 6 heteroatoms. The summed E-state index contributed by atoms with van der Waals surface area (Å²) in [5.41, 5.74) is 16.0. The second kappa shape index (κ2) is 16.9. The summed E-state index contributed by atoms with van der Waals surface area (Å²) < 4.78 is 4.54. The Hall–Kier alpha value is -9.26. The average Bonchev–Trinajstić information content (AvgIpc) is 3.91. The Bertz CT molecular complexity index is 3550. The summed E-state index contributed by atoms with van der Waals surface area (Å²) in [6.45, 7) is 0. The number of carbonyl (C=O) groups excluding carboxylic acids is 2. The van der Waals surface area contributed by atoms with Gasteiger partial charge in [-0.2, -0.15) is 0 Å². The number of para-hydroxylation sites is 4. The zero-order chi connectivity index (χ0) is 45.6. The van der Waals surface area contributed by atoms with Gasteiger partial charge in [0.15, 0.2) is 0 Å². The molecule has 12 rings (SSSR count). The van der Waals surface area contributed by atoms with Crippen LogP contribution in [0.25, 0.3) is 66.1 Å². The van der Waals surface area contributed by atoms with E-state index in [0.29, 0.717) is 11.1 Å². The number of hydrogen-bond donors (Lipinski definition) is 0. The van der Waals surface area contributed by atoms with Crippen LogP contribution in [-0.2, 0) is 0 Å². The molecule has 0 saturated heterocycles. The first-order chi connectivity index (χ1) is 33.6. The van der Waals surface area contributed by atoms with Crippen molar-refractivity contribution in [1.82, 2.24) is 9.13 Å². The smallest absolute Gasteiger partial charge is 0.150 e. The van der Waals surface area contributed by atoms with Crippen molar-refractivity contribution in [3.05, 3.63) is 254 Å². The van der Waals surface area contributed by atoms with Crippen LogP contribution >= 0.6 is 0 Å². The number of nitrogens with zero attached hydrogens (tertiary/aromatic N) is 4. The second-order valence-electron chi connectivity index (χ2n) is 17.0. The minimum absolute atomic E-state index is 0.645. The van der Waals surface area contributed by atoms with E-state index >= 15 is 0 Å². The highest BCUT2D eigenvalue weighted by atomic mass is 16.1. The Morgan fingerprint density at radius 2 is 0.574 bits per heavy atom. The van der Waals surface area contributed by atoms with E-state index in [1.807, 2.05) is 60.7 Å². The predicted molar refractivity (Wildman–Crippen MR) is 281 cm³/mol. The monoisotopic (exact) mass is 874 g/mol. The largest absolute Gasteiger partial charge is 0.310 e.